The van der Waals surface area contributed by atoms with Crippen LogP contribution >= 0.6 is 0 Å². The van der Waals surface area contributed by atoms with Gasteiger partial charge in [0, 0.05) is 17.6 Å². The lowest BCUT2D eigenvalue weighted by atomic mass is 9.93. The maximum absolute atomic E-state index is 11.0. The van der Waals surface area contributed by atoms with Crippen molar-refractivity contribution in [2.24, 2.45) is 0 Å². The highest BCUT2D eigenvalue weighted by Gasteiger charge is 2.17. The molecule has 0 aliphatic heterocycles. The van der Waals surface area contributed by atoms with Crippen molar-refractivity contribution in [2.45, 2.75) is 18.9 Å². The van der Waals surface area contributed by atoms with E-state index in [9.17, 15) is 15.0 Å². The van der Waals surface area contributed by atoms with Crippen LogP contribution in [0.2, 0.25) is 0 Å². The predicted octanol–water partition coefficient (Wildman–Crippen LogP) is 1.59. The highest BCUT2D eigenvalue weighted by Crippen LogP contribution is 2.29. The molecule has 0 aliphatic rings. The third-order valence-corrected chi connectivity index (χ3v) is 2.46. The summed E-state index contributed by atoms with van der Waals surface area (Å²) in [5.41, 5.74) is 0.572. The molecule has 0 fully saturated rings. The molecule has 92 valence electrons. The van der Waals surface area contributed by atoms with Gasteiger partial charge in [-0.1, -0.05) is 24.3 Å². The second-order valence-electron chi connectivity index (χ2n) is 3.71. The lowest BCUT2D eigenvalue weighted by molar-refractivity contribution is -0.134. The molecule has 0 aromatic heterocycles. The first kappa shape index (κ1) is 13.3. The van der Waals surface area contributed by atoms with Crippen LogP contribution < -0.4 is 0 Å². The lowest BCUT2D eigenvalue weighted by Gasteiger charge is -2.17. The van der Waals surface area contributed by atoms with E-state index in [-0.39, 0.29) is 5.75 Å². The smallest absolute Gasteiger partial charge is 0.330 e. The number of hydrogen-bond donors (Lipinski definition) is 2. The molecule has 17 heavy (non-hydrogen) atoms. The highest BCUT2D eigenvalue weighted by atomic mass is 16.5. The van der Waals surface area contributed by atoms with E-state index in [4.69, 9.17) is 0 Å². The molecule has 0 amide bonds. The number of phenolic OH excluding ortho intramolecular Hbond substituents is 1. The van der Waals surface area contributed by atoms with E-state index in [1.165, 1.54) is 25.3 Å². The number of aliphatic hydroxyl groups is 1. The average Bonchev–Trinajstić information content (AvgIpc) is 2.30. The molecule has 4 heteroatoms. The van der Waals surface area contributed by atoms with Crippen LogP contribution in [0.1, 0.15) is 18.4 Å². The Labute approximate surface area is 100 Å². The third-order valence-electron chi connectivity index (χ3n) is 2.46. The minimum absolute atomic E-state index is 0.0907. The summed E-state index contributed by atoms with van der Waals surface area (Å²) >= 11 is 0. The fraction of sp³-hybridized carbons (Fsp3) is 0.308. The highest BCUT2D eigenvalue weighted by molar-refractivity contribution is 5.81. The molecule has 0 aliphatic carbocycles. The molecule has 4 nitrogen and oxygen atoms in total. The Bertz CT molecular complexity index is 410. The molecule has 2 N–H and O–H groups in total. The van der Waals surface area contributed by atoms with Gasteiger partial charge in [0.25, 0.3) is 0 Å². The Kier molecular flexibility index (Phi) is 4.72. The van der Waals surface area contributed by atoms with E-state index >= 15 is 0 Å². The number of rotatable bonds is 4. The summed E-state index contributed by atoms with van der Waals surface area (Å²) in [5.74, 6) is -0.853. The first-order valence-electron chi connectivity index (χ1n) is 5.28. The van der Waals surface area contributed by atoms with Crippen LogP contribution in [0.25, 0.3) is 0 Å². The van der Waals surface area contributed by atoms with E-state index in [1.807, 2.05) is 0 Å². The van der Waals surface area contributed by atoms with Gasteiger partial charge < -0.3 is 14.9 Å². The van der Waals surface area contributed by atoms with E-state index in [0.717, 1.165) is 0 Å². The molecule has 2 atom stereocenters. The summed E-state index contributed by atoms with van der Waals surface area (Å²) in [6.45, 7) is 1.60. The van der Waals surface area contributed by atoms with Crippen LogP contribution in [0, 0.1) is 0 Å². The van der Waals surface area contributed by atoms with Gasteiger partial charge in [0.05, 0.1) is 13.2 Å². The van der Waals surface area contributed by atoms with Gasteiger partial charge in [-0.05, 0) is 13.0 Å². The fourth-order valence-corrected chi connectivity index (χ4v) is 1.54. The fourth-order valence-electron chi connectivity index (χ4n) is 1.54. The summed E-state index contributed by atoms with van der Waals surface area (Å²) in [7, 11) is 1.28. The Balaban J connectivity index is 2.99. The van der Waals surface area contributed by atoms with Gasteiger partial charge >= 0.3 is 5.97 Å². The summed E-state index contributed by atoms with van der Waals surface area (Å²) in [4.78, 5) is 11.0. The number of hydrogen-bond acceptors (Lipinski definition) is 4. The number of aromatic hydroxyl groups is 1. The van der Waals surface area contributed by atoms with Gasteiger partial charge in [-0.2, -0.15) is 0 Å². The number of aliphatic hydroxyl groups excluding tert-OH is 1. The molecule has 0 spiro atoms. The Morgan fingerprint density at radius 1 is 1.41 bits per heavy atom. The minimum Gasteiger partial charge on any atom is -0.508 e. The summed E-state index contributed by atoms with van der Waals surface area (Å²) in [6.07, 6.45) is 2.04. The summed E-state index contributed by atoms with van der Waals surface area (Å²) in [5, 5.41) is 19.4. The van der Waals surface area contributed by atoms with Gasteiger partial charge in [-0.15, -0.1) is 0 Å². The van der Waals surface area contributed by atoms with Gasteiger partial charge in [0.2, 0.25) is 0 Å². The second kappa shape index (κ2) is 6.06. The standard InChI is InChI=1S/C13H16O4/c1-9(14)10(7-8-13(16)17-2)11-5-3-4-6-12(11)15/h3-10,14-15H,1-2H3/b8-7+/t9-,10+/m0/s1. The first-order valence-corrected chi connectivity index (χ1v) is 5.28. The Morgan fingerprint density at radius 2 is 2.06 bits per heavy atom. The van der Waals surface area contributed by atoms with Crippen molar-refractivity contribution < 1.29 is 19.7 Å². The number of esters is 1. The molecule has 0 radical (unpaired) electrons. The number of benzene rings is 1. The SMILES string of the molecule is COC(=O)/C=C/[C@@H](c1ccccc1O)[C@H](C)O. The van der Waals surface area contributed by atoms with Crippen molar-refractivity contribution in [2.75, 3.05) is 7.11 Å². The number of ether oxygens (including phenoxy) is 1. The van der Waals surface area contributed by atoms with Gasteiger partial charge in [0.1, 0.15) is 5.75 Å². The van der Waals surface area contributed by atoms with Crippen LogP contribution in [0.5, 0.6) is 5.75 Å². The van der Waals surface area contributed by atoms with Crippen molar-refractivity contribution in [3.05, 3.63) is 42.0 Å². The van der Waals surface area contributed by atoms with Crippen molar-refractivity contribution >= 4 is 5.97 Å². The number of phenols is 1. The second-order valence-corrected chi connectivity index (χ2v) is 3.71. The molecule has 0 saturated carbocycles. The molecule has 0 unspecified atom stereocenters. The van der Waals surface area contributed by atoms with E-state index < -0.39 is 18.0 Å². The Morgan fingerprint density at radius 3 is 2.59 bits per heavy atom. The maximum atomic E-state index is 11.0. The monoisotopic (exact) mass is 236 g/mol. The summed E-state index contributed by atoms with van der Waals surface area (Å²) in [6, 6.07) is 6.70. The zero-order chi connectivity index (χ0) is 12.8. The molecular formula is C13H16O4. The van der Waals surface area contributed by atoms with Gasteiger partial charge in [-0.3, -0.25) is 0 Å². The van der Waals surface area contributed by atoms with E-state index in [1.54, 1.807) is 25.1 Å². The number of carbonyl (C=O) groups excluding carboxylic acids is 1. The lowest BCUT2D eigenvalue weighted by Crippen LogP contribution is -2.13. The molecule has 1 rings (SSSR count). The predicted molar refractivity (Wildman–Crippen MR) is 63.7 cm³/mol. The zero-order valence-corrected chi connectivity index (χ0v) is 9.83. The quantitative estimate of drug-likeness (QED) is 0.615. The van der Waals surface area contributed by atoms with Crippen LogP contribution in [-0.2, 0) is 9.53 Å². The third kappa shape index (κ3) is 3.60. The molecule has 0 heterocycles. The maximum Gasteiger partial charge on any atom is 0.330 e. The number of methoxy groups -OCH3 is 1. The van der Waals surface area contributed by atoms with Crippen molar-refractivity contribution in [3.63, 3.8) is 0 Å². The minimum atomic E-state index is -0.718. The summed E-state index contributed by atoms with van der Waals surface area (Å²) < 4.78 is 4.48. The van der Waals surface area contributed by atoms with E-state index in [2.05, 4.69) is 4.74 Å². The van der Waals surface area contributed by atoms with E-state index in [0.29, 0.717) is 5.56 Å². The number of carbonyl (C=O) groups is 1. The molecule has 1 aromatic carbocycles. The average molecular weight is 236 g/mol. The number of para-hydroxylation sites is 1. The normalized spacial score (nSPS) is 14.5. The first-order chi connectivity index (χ1) is 8.06. The van der Waals surface area contributed by atoms with Crippen molar-refractivity contribution in [3.8, 4) is 5.75 Å². The van der Waals surface area contributed by atoms with Crippen LogP contribution in [0.15, 0.2) is 36.4 Å². The van der Waals surface area contributed by atoms with Crippen LogP contribution in [0.3, 0.4) is 0 Å². The van der Waals surface area contributed by atoms with Crippen LogP contribution in [-0.4, -0.2) is 29.4 Å². The molecular weight excluding hydrogens is 220 g/mol. The Hall–Kier alpha value is -1.81. The molecule has 0 saturated heterocycles. The topological polar surface area (TPSA) is 66.8 Å². The van der Waals surface area contributed by atoms with Gasteiger partial charge in [-0.25, -0.2) is 4.79 Å². The van der Waals surface area contributed by atoms with Crippen LogP contribution in [0.4, 0.5) is 0 Å². The van der Waals surface area contributed by atoms with Crippen molar-refractivity contribution in [1.29, 1.82) is 0 Å². The largest absolute Gasteiger partial charge is 0.508 e. The van der Waals surface area contributed by atoms with Crippen molar-refractivity contribution in [1.82, 2.24) is 0 Å². The molecule has 0 bridgehead atoms. The zero-order valence-electron chi connectivity index (χ0n) is 9.83. The molecule has 1 aromatic rings. The van der Waals surface area contributed by atoms with Gasteiger partial charge in [0.15, 0.2) is 0 Å².